The Morgan fingerprint density at radius 2 is 2.36 bits per heavy atom. The molecule has 1 N–H and O–H groups in total. The smallest absolute Gasteiger partial charge is 0.331 e. The molecule has 0 heterocycles. The van der Waals surface area contributed by atoms with E-state index in [4.69, 9.17) is 5.11 Å². The van der Waals surface area contributed by atoms with E-state index in [1.807, 2.05) is 6.08 Å². The number of allylic oxidation sites excluding steroid dienone is 1. The van der Waals surface area contributed by atoms with E-state index in [1.54, 1.807) is 0 Å². The van der Waals surface area contributed by atoms with Crippen LogP contribution in [-0.2, 0) is 4.79 Å². The van der Waals surface area contributed by atoms with E-state index in [0.29, 0.717) is 17.4 Å². The molecule has 0 fully saturated rings. The molecule has 2 nitrogen and oxygen atoms in total. The van der Waals surface area contributed by atoms with Crippen LogP contribution in [0, 0.1) is 11.8 Å². The second-order valence-electron chi connectivity index (χ2n) is 3.44. The zero-order valence-corrected chi connectivity index (χ0v) is 7.00. The molecular weight excluding hydrogens is 140 g/mol. The molecule has 0 bridgehead atoms. The highest BCUT2D eigenvalue weighted by Crippen LogP contribution is 2.29. The summed E-state index contributed by atoms with van der Waals surface area (Å²) in [7, 11) is 0. The minimum atomic E-state index is -0.742. The fourth-order valence-corrected chi connectivity index (χ4v) is 1.45. The summed E-state index contributed by atoms with van der Waals surface area (Å²) in [6, 6.07) is 0. The van der Waals surface area contributed by atoms with Crippen LogP contribution >= 0.6 is 0 Å². The molecule has 2 heteroatoms. The van der Waals surface area contributed by atoms with Gasteiger partial charge in [0.25, 0.3) is 0 Å². The lowest BCUT2D eigenvalue weighted by atomic mass is 9.96. The molecule has 62 valence electrons. The standard InChI is InChI=1S/C9H14O2/c1-6(2)7-3-4-8(5-7)9(10)11/h5-7H,3-4H2,1-2H3,(H,10,11)/t7-/m1/s1. The van der Waals surface area contributed by atoms with Gasteiger partial charge in [-0.3, -0.25) is 0 Å². The Hall–Kier alpha value is -0.790. The molecule has 0 saturated heterocycles. The average molecular weight is 154 g/mol. The molecule has 1 aliphatic carbocycles. The summed E-state index contributed by atoms with van der Waals surface area (Å²) < 4.78 is 0. The Morgan fingerprint density at radius 3 is 2.64 bits per heavy atom. The van der Waals surface area contributed by atoms with Gasteiger partial charge in [-0.15, -0.1) is 0 Å². The molecule has 0 aromatic rings. The molecule has 0 aliphatic heterocycles. The summed E-state index contributed by atoms with van der Waals surface area (Å²) >= 11 is 0. The number of rotatable bonds is 2. The highest BCUT2D eigenvalue weighted by Gasteiger charge is 2.21. The first kappa shape index (κ1) is 8.31. The molecule has 0 aromatic carbocycles. The Kier molecular flexibility index (Phi) is 2.32. The number of carbonyl (C=O) groups is 1. The largest absolute Gasteiger partial charge is 0.478 e. The van der Waals surface area contributed by atoms with Crippen molar-refractivity contribution in [3.8, 4) is 0 Å². The van der Waals surface area contributed by atoms with Gasteiger partial charge in [-0.2, -0.15) is 0 Å². The minimum Gasteiger partial charge on any atom is -0.478 e. The maximum absolute atomic E-state index is 10.5. The van der Waals surface area contributed by atoms with Crippen molar-refractivity contribution in [2.75, 3.05) is 0 Å². The number of hydrogen-bond acceptors (Lipinski definition) is 1. The van der Waals surface area contributed by atoms with Gasteiger partial charge in [-0.25, -0.2) is 4.79 Å². The molecule has 0 radical (unpaired) electrons. The van der Waals surface area contributed by atoms with Gasteiger partial charge in [0, 0.05) is 5.57 Å². The monoisotopic (exact) mass is 154 g/mol. The van der Waals surface area contributed by atoms with Crippen molar-refractivity contribution in [1.82, 2.24) is 0 Å². The van der Waals surface area contributed by atoms with Gasteiger partial charge in [0.05, 0.1) is 0 Å². The highest BCUT2D eigenvalue weighted by atomic mass is 16.4. The summed E-state index contributed by atoms with van der Waals surface area (Å²) in [5.74, 6) is 0.320. The van der Waals surface area contributed by atoms with Crippen molar-refractivity contribution in [3.05, 3.63) is 11.6 Å². The Labute approximate surface area is 66.9 Å². The van der Waals surface area contributed by atoms with Crippen molar-refractivity contribution in [3.63, 3.8) is 0 Å². The van der Waals surface area contributed by atoms with E-state index in [0.717, 1.165) is 12.8 Å². The van der Waals surface area contributed by atoms with Gasteiger partial charge in [-0.05, 0) is 24.7 Å². The van der Waals surface area contributed by atoms with Gasteiger partial charge >= 0.3 is 5.97 Å². The van der Waals surface area contributed by atoms with Gasteiger partial charge < -0.3 is 5.11 Å². The van der Waals surface area contributed by atoms with Crippen LogP contribution < -0.4 is 0 Å². The van der Waals surface area contributed by atoms with Gasteiger partial charge in [-0.1, -0.05) is 19.9 Å². The van der Waals surface area contributed by atoms with E-state index >= 15 is 0 Å². The first-order chi connectivity index (χ1) is 5.11. The molecule has 0 spiro atoms. The average Bonchev–Trinajstić information content (AvgIpc) is 2.33. The van der Waals surface area contributed by atoms with Crippen LogP contribution in [0.15, 0.2) is 11.6 Å². The molecule has 1 rings (SSSR count). The van der Waals surface area contributed by atoms with Crippen LogP contribution in [0.1, 0.15) is 26.7 Å². The first-order valence-electron chi connectivity index (χ1n) is 4.05. The lowest BCUT2D eigenvalue weighted by molar-refractivity contribution is -0.132. The summed E-state index contributed by atoms with van der Waals surface area (Å²) in [5, 5.41) is 8.64. The zero-order valence-electron chi connectivity index (χ0n) is 7.00. The van der Waals surface area contributed by atoms with Crippen LogP contribution in [-0.4, -0.2) is 11.1 Å². The van der Waals surface area contributed by atoms with Crippen LogP contribution in [0.5, 0.6) is 0 Å². The van der Waals surface area contributed by atoms with Crippen LogP contribution in [0.3, 0.4) is 0 Å². The second-order valence-corrected chi connectivity index (χ2v) is 3.44. The molecule has 0 aromatic heterocycles. The Balaban J connectivity index is 2.61. The third kappa shape index (κ3) is 1.82. The summed E-state index contributed by atoms with van der Waals surface area (Å²) in [6.45, 7) is 4.26. The summed E-state index contributed by atoms with van der Waals surface area (Å²) in [5.41, 5.74) is 0.601. The third-order valence-electron chi connectivity index (χ3n) is 2.29. The predicted octanol–water partition coefficient (Wildman–Crippen LogP) is 2.06. The molecule has 0 amide bonds. The van der Waals surface area contributed by atoms with Crippen molar-refractivity contribution in [2.24, 2.45) is 11.8 Å². The molecule has 1 aliphatic rings. The predicted molar refractivity (Wildman–Crippen MR) is 43.3 cm³/mol. The number of carboxylic acid groups (broad SMARTS) is 1. The van der Waals surface area contributed by atoms with Crippen LogP contribution in [0.4, 0.5) is 0 Å². The fraction of sp³-hybridized carbons (Fsp3) is 0.667. The SMILES string of the molecule is CC(C)[C@H]1C=C(C(=O)O)CC1. The van der Waals surface area contributed by atoms with Crippen LogP contribution in [0.2, 0.25) is 0 Å². The van der Waals surface area contributed by atoms with E-state index in [2.05, 4.69) is 13.8 Å². The number of hydrogen-bond donors (Lipinski definition) is 1. The van der Waals surface area contributed by atoms with E-state index in [-0.39, 0.29) is 0 Å². The van der Waals surface area contributed by atoms with E-state index < -0.39 is 5.97 Å². The van der Waals surface area contributed by atoms with E-state index in [1.165, 1.54) is 0 Å². The molecular formula is C9H14O2. The van der Waals surface area contributed by atoms with Crippen LogP contribution in [0.25, 0.3) is 0 Å². The van der Waals surface area contributed by atoms with Gasteiger partial charge in [0.15, 0.2) is 0 Å². The topological polar surface area (TPSA) is 37.3 Å². The minimum absolute atomic E-state index is 0.487. The quantitative estimate of drug-likeness (QED) is 0.661. The van der Waals surface area contributed by atoms with Crippen molar-refractivity contribution < 1.29 is 9.90 Å². The number of carboxylic acids is 1. The molecule has 0 saturated carbocycles. The van der Waals surface area contributed by atoms with Crippen molar-refractivity contribution >= 4 is 5.97 Å². The lowest BCUT2D eigenvalue weighted by Crippen LogP contribution is -2.00. The van der Waals surface area contributed by atoms with E-state index in [9.17, 15) is 4.79 Å². The van der Waals surface area contributed by atoms with Crippen molar-refractivity contribution in [2.45, 2.75) is 26.7 Å². The Bertz CT molecular complexity index is 192. The Morgan fingerprint density at radius 1 is 1.73 bits per heavy atom. The zero-order chi connectivity index (χ0) is 8.43. The molecule has 11 heavy (non-hydrogen) atoms. The maximum atomic E-state index is 10.5. The second kappa shape index (κ2) is 3.07. The number of aliphatic carboxylic acids is 1. The summed E-state index contributed by atoms with van der Waals surface area (Å²) in [6.07, 6.45) is 3.67. The van der Waals surface area contributed by atoms with Gasteiger partial charge in [0.2, 0.25) is 0 Å². The summed E-state index contributed by atoms with van der Waals surface area (Å²) in [4.78, 5) is 10.5. The fourth-order valence-electron chi connectivity index (χ4n) is 1.45. The third-order valence-corrected chi connectivity index (χ3v) is 2.29. The maximum Gasteiger partial charge on any atom is 0.331 e. The lowest BCUT2D eigenvalue weighted by Gasteiger charge is -2.09. The first-order valence-corrected chi connectivity index (χ1v) is 4.05. The highest BCUT2D eigenvalue weighted by molar-refractivity contribution is 5.87. The van der Waals surface area contributed by atoms with Gasteiger partial charge in [0.1, 0.15) is 0 Å². The van der Waals surface area contributed by atoms with Crippen molar-refractivity contribution in [1.29, 1.82) is 0 Å². The molecule has 0 unspecified atom stereocenters. The normalized spacial score (nSPS) is 23.9. The molecule has 1 atom stereocenters.